The first kappa shape index (κ1) is 16.6. The summed E-state index contributed by atoms with van der Waals surface area (Å²) in [6, 6.07) is 5.10. The molecule has 8 heteroatoms. The minimum atomic E-state index is -0.346. The van der Waals surface area contributed by atoms with Crippen LogP contribution in [-0.2, 0) is 6.42 Å². The molecule has 1 aromatic carbocycles. The highest BCUT2D eigenvalue weighted by Gasteiger charge is 2.20. The fraction of sp³-hybridized carbons (Fsp3) is 0.500. The highest BCUT2D eigenvalue weighted by atomic mass is 32.1. The van der Waals surface area contributed by atoms with Crippen molar-refractivity contribution in [2.45, 2.75) is 26.7 Å². The van der Waals surface area contributed by atoms with Crippen LogP contribution in [0.15, 0.2) is 18.2 Å². The Kier molecular flexibility index (Phi) is 4.94. The summed E-state index contributed by atoms with van der Waals surface area (Å²) in [6.45, 7) is 7.65. The Labute approximate surface area is 145 Å². The first-order chi connectivity index (χ1) is 11.6. The number of anilines is 2. The minimum Gasteiger partial charge on any atom is -0.369 e. The zero-order valence-electron chi connectivity index (χ0n) is 13.9. The van der Waals surface area contributed by atoms with E-state index in [1.807, 2.05) is 13.0 Å². The van der Waals surface area contributed by atoms with Crippen LogP contribution in [0.3, 0.4) is 0 Å². The third kappa shape index (κ3) is 3.48. The molecule has 1 saturated heterocycles. The number of nitro groups is 1. The van der Waals surface area contributed by atoms with E-state index in [9.17, 15) is 10.1 Å². The monoisotopic (exact) mass is 347 g/mol. The van der Waals surface area contributed by atoms with Gasteiger partial charge in [0.15, 0.2) is 0 Å². The fourth-order valence-electron chi connectivity index (χ4n) is 2.97. The molecule has 0 radical (unpaired) electrons. The molecule has 2 heterocycles. The van der Waals surface area contributed by atoms with E-state index >= 15 is 0 Å². The van der Waals surface area contributed by atoms with Crippen LogP contribution in [0.1, 0.15) is 24.7 Å². The second kappa shape index (κ2) is 7.12. The molecule has 0 amide bonds. The molecule has 0 spiro atoms. The number of nitro benzene ring substituents is 1. The number of hydrogen-bond donors (Lipinski definition) is 0. The zero-order chi connectivity index (χ0) is 17.1. The topological polar surface area (TPSA) is 75.4 Å². The summed E-state index contributed by atoms with van der Waals surface area (Å²) in [5, 5.41) is 11.9. The van der Waals surface area contributed by atoms with Crippen molar-refractivity contribution >= 4 is 28.0 Å². The molecule has 0 unspecified atom stereocenters. The number of aromatic nitrogens is 2. The summed E-state index contributed by atoms with van der Waals surface area (Å²) in [5.74, 6) is 0.905. The van der Waals surface area contributed by atoms with Crippen LogP contribution < -0.4 is 9.80 Å². The molecule has 0 saturated carbocycles. The second-order valence-electron chi connectivity index (χ2n) is 5.90. The van der Waals surface area contributed by atoms with Gasteiger partial charge in [0, 0.05) is 62.0 Å². The number of nitrogens with zero attached hydrogens (tertiary/aromatic N) is 5. The van der Waals surface area contributed by atoms with E-state index in [4.69, 9.17) is 0 Å². The Bertz CT molecular complexity index is 733. The molecule has 1 fully saturated rings. The SMILES string of the molecule is CCc1nsc(N2CCCN(c3ccc([N+](=O)[O-])cc3C)CC2)n1. The predicted octanol–water partition coefficient (Wildman–Crippen LogP) is 3.03. The lowest BCUT2D eigenvalue weighted by Gasteiger charge is -2.24. The number of non-ortho nitro benzene ring substituents is 1. The molecular weight excluding hydrogens is 326 g/mol. The molecule has 0 aliphatic carbocycles. The zero-order valence-corrected chi connectivity index (χ0v) is 14.8. The molecule has 24 heavy (non-hydrogen) atoms. The van der Waals surface area contributed by atoms with E-state index in [0.29, 0.717) is 0 Å². The van der Waals surface area contributed by atoms with Gasteiger partial charge in [-0.15, -0.1) is 0 Å². The minimum absolute atomic E-state index is 0.147. The summed E-state index contributed by atoms with van der Waals surface area (Å²) in [7, 11) is 0. The summed E-state index contributed by atoms with van der Waals surface area (Å²) >= 11 is 1.47. The smallest absolute Gasteiger partial charge is 0.269 e. The lowest BCUT2D eigenvalue weighted by molar-refractivity contribution is -0.384. The van der Waals surface area contributed by atoms with Crippen LogP contribution in [0.4, 0.5) is 16.5 Å². The average molecular weight is 347 g/mol. The van der Waals surface area contributed by atoms with Gasteiger partial charge in [-0.25, -0.2) is 4.98 Å². The number of benzene rings is 1. The van der Waals surface area contributed by atoms with Crippen LogP contribution in [0, 0.1) is 17.0 Å². The van der Waals surface area contributed by atoms with Gasteiger partial charge in [-0.05, 0) is 25.0 Å². The molecule has 1 aliphatic heterocycles. The lowest BCUT2D eigenvalue weighted by Crippen LogP contribution is -2.31. The summed E-state index contributed by atoms with van der Waals surface area (Å²) in [4.78, 5) is 19.7. The van der Waals surface area contributed by atoms with Crippen molar-refractivity contribution in [2.24, 2.45) is 0 Å². The first-order valence-corrected chi connectivity index (χ1v) is 8.93. The molecule has 0 bridgehead atoms. The van der Waals surface area contributed by atoms with E-state index in [0.717, 1.165) is 61.2 Å². The summed E-state index contributed by atoms with van der Waals surface area (Å²) in [6.07, 6.45) is 1.88. The van der Waals surface area contributed by atoms with Crippen LogP contribution in [0.25, 0.3) is 0 Å². The third-order valence-corrected chi connectivity index (χ3v) is 5.09. The fourth-order valence-corrected chi connectivity index (χ4v) is 3.78. The maximum Gasteiger partial charge on any atom is 0.269 e. The molecule has 2 aromatic rings. The standard InChI is InChI=1S/C16H21N5O2S/c1-3-15-17-16(24-18-15)20-8-4-7-19(9-10-20)14-6-5-13(21(22)23)11-12(14)2/h5-6,11H,3-4,7-10H2,1-2H3. The third-order valence-electron chi connectivity index (χ3n) is 4.27. The number of rotatable bonds is 4. The quantitative estimate of drug-likeness (QED) is 0.625. The van der Waals surface area contributed by atoms with Crippen LogP contribution in [0.2, 0.25) is 0 Å². The maximum absolute atomic E-state index is 10.9. The Morgan fingerprint density at radius 2 is 2.00 bits per heavy atom. The first-order valence-electron chi connectivity index (χ1n) is 8.16. The van der Waals surface area contributed by atoms with Crippen LogP contribution in [0.5, 0.6) is 0 Å². The van der Waals surface area contributed by atoms with E-state index in [1.165, 1.54) is 11.5 Å². The predicted molar refractivity (Wildman–Crippen MR) is 96.2 cm³/mol. The second-order valence-corrected chi connectivity index (χ2v) is 6.63. The molecule has 0 N–H and O–H groups in total. The molecule has 3 rings (SSSR count). The van der Waals surface area contributed by atoms with Crippen LogP contribution in [-0.4, -0.2) is 40.5 Å². The van der Waals surface area contributed by atoms with Gasteiger partial charge in [-0.2, -0.15) is 4.37 Å². The van der Waals surface area contributed by atoms with Gasteiger partial charge < -0.3 is 9.80 Å². The van der Waals surface area contributed by atoms with Crippen molar-refractivity contribution in [3.05, 3.63) is 39.7 Å². The van der Waals surface area contributed by atoms with E-state index in [2.05, 4.69) is 26.1 Å². The van der Waals surface area contributed by atoms with E-state index in [1.54, 1.807) is 12.1 Å². The van der Waals surface area contributed by atoms with Crippen LogP contribution >= 0.6 is 11.5 Å². The van der Waals surface area contributed by atoms with Gasteiger partial charge >= 0.3 is 0 Å². The lowest BCUT2D eigenvalue weighted by atomic mass is 10.1. The number of aryl methyl sites for hydroxylation is 2. The Morgan fingerprint density at radius 1 is 1.25 bits per heavy atom. The highest BCUT2D eigenvalue weighted by molar-refractivity contribution is 7.09. The van der Waals surface area contributed by atoms with Crippen molar-refractivity contribution in [1.29, 1.82) is 0 Å². The van der Waals surface area contributed by atoms with Crippen molar-refractivity contribution in [3.8, 4) is 0 Å². The van der Waals surface area contributed by atoms with Gasteiger partial charge in [0.2, 0.25) is 5.13 Å². The summed E-state index contributed by atoms with van der Waals surface area (Å²) < 4.78 is 4.37. The van der Waals surface area contributed by atoms with Gasteiger partial charge in [-0.3, -0.25) is 10.1 Å². The molecule has 7 nitrogen and oxygen atoms in total. The molecule has 128 valence electrons. The van der Waals surface area contributed by atoms with Gasteiger partial charge in [0.25, 0.3) is 5.69 Å². The van der Waals surface area contributed by atoms with Crippen molar-refractivity contribution < 1.29 is 4.92 Å². The molecule has 1 aromatic heterocycles. The Morgan fingerprint density at radius 3 is 2.67 bits per heavy atom. The van der Waals surface area contributed by atoms with Crippen molar-refractivity contribution in [2.75, 3.05) is 36.0 Å². The van der Waals surface area contributed by atoms with Gasteiger partial charge in [0.05, 0.1) is 4.92 Å². The maximum atomic E-state index is 10.9. The Balaban J connectivity index is 1.72. The normalized spacial score (nSPS) is 15.4. The van der Waals surface area contributed by atoms with Gasteiger partial charge in [0.1, 0.15) is 5.82 Å². The van der Waals surface area contributed by atoms with Crippen molar-refractivity contribution in [3.63, 3.8) is 0 Å². The highest BCUT2D eigenvalue weighted by Crippen LogP contribution is 2.27. The van der Waals surface area contributed by atoms with Crippen molar-refractivity contribution in [1.82, 2.24) is 9.36 Å². The van der Waals surface area contributed by atoms with E-state index in [-0.39, 0.29) is 10.6 Å². The average Bonchev–Trinajstić information content (AvgIpc) is 2.92. The molecule has 0 atom stereocenters. The molecular formula is C16H21N5O2S. The van der Waals surface area contributed by atoms with E-state index < -0.39 is 0 Å². The number of hydrogen-bond acceptors (Lipinski definition) is 7. The largest absolute Gasteiger partial charge is 0.369 e. The van der Waals surface area contributed by atoms with Gasteiger partial charge in [-0.1, -0.05) is 6.92 Å². The molecule has 1 aliphatic rings. The summed E-state index contributed by atoms with van der Waals surface area (Å²) in [5.41, 5.74) is 2.17. The Hall–Kier alpha value is -2.22.